The summed E-state index contributed by atoms with van der Waals surface area (Å²) in [4.78, 5) is 0.251. The summed E-state index contributed by atoms with van der Waals surface area (Å²) >= 11 is 6.21. The van der Waals surface area contributed by atoms with Gasteiger partial charge >= 0.3 is 0 Å². The highest BCUT2D eigenvalue weighted by molar-refractivity contribution is 7.89. The lowest BCUT2D eigenvalue weighted by molar-refractivity contribution is 0.436. The van der Waals surface area contributed by atoms with Gasteiger partial charge < -0.3 is 5.32 Å². The molecule has 1 aromatic carbocycles. The lowest BCUT2D eigenvalue weighted by atomic mass is 10.2. The maximum Gasteiger partial charge on any atom is 0.243 e. The molecular formula is C15H21ClN2O2S. The molecule has 6 heteroatoms. The Hall–Kier alpha value is -0.880. The average Bonchev–Trinajstić information content (AvgIpc) is 3.27. The van der Waals surface area contributed by atoms with E-state index in [0.29, 0.717) is 18.1 Å². The van der Waals surface area contributed by atoms with Gasteiger partial charge in [0.15, 0.2) is 0 Å². The highest BCUT2D eigenvalue weighted by atomic mass is 35.5. The topological polar surface area (TPSA) is 49.4 Å². The molecule has 1 fully saturated rings. The van der Waals surface area contributed by atoms with Crippen molar-refractivity contribution in [3.63, 3.8) is 0 Å². The van der Waals surface area contributed by atoms with Crippen molar-refractivity contribution in [3.05, 3.63) is 41.4 Å². The van der Waals surface area contributed by atoms with E-state index in [1.807, 2.05) is 6.92 Å². The van der Waals surface area contributed by atoms with E-state index < -0.39 is 10.0 Å². The number of halogens is 1. The molecule has 0 aliphatic heterocycles. The molecule has 1 aliphatic rings. The van der Waals surface area contributed by atoms with Crippen LogP contribution in [0.25, 0.3) is 0 Å². The second-order valence-electron chi connectivity index (χ2n) is 5.13. The summed E-state index contributed by atoms with van der Waals surface area (Å²) in [5.41, 5.74) is 0.902. The molecule has 2 rings (SSSR count). The normalized spacial score (nSPS) is 15.4. The van der Waals surface area contributed by atoms with Crippen LogP contribution in [0, 0.1) is 0 Å². The number of benzene rings is 1. The highest BCUT2D eigenvalue weighted by Gasteiger charge is 2.37. The summed E-state index contributed by atoms with van der Waals surface area (Å²) in [5.74, 6) is 0. The third-order valence-corrected chi connectivity index (χ3v) is 5.73. The van der Waals surface area contributed by atoms with E-state index in [1.165, 1.54) is 4.31 Å². The van der Waals surface area contributed by atoms with Crippen LogP contribution in [0.3, 0.4) is 0 Å². The van der Waals surface area contributed by atoms with Gasteiger partial charge in [-0.2, -0.15) is 4.31 Å². The van der Waals surface area contributed by atoms with Crippen molar-refractivity contribution in [2.45, 2.75) is 37.2 Å². The molecule has 0 radical (unpaired) electrons. The summed E-state index contributed by atoms with van der Waals surface area (Å²) in [6.45, 7) is 7.46. The molecule has 0 aromatic heterocycles. The van der Waals surface area contributed by atoms with Gasteiger partial charge in [-0.25, -0.2) is 8.42 Å². The molecule has 1 aromatic rings. The molecule has 1 N–H and O–H groups in total. The Bertz CT molecular complexity index is 612. The van der Waals surface area contributed by atoms with Crippen LogP contribution >= 0.6 is 11.6 Å². The fourth-order valence-corrected chi connectivity index (χ4v) is 4.15. The number of nitrogens with one attached hydrogen (secondary N) is 1. The van der Waals surface area contributed by atoms with E-state index in [0.717, 1.165) is 24.9 Å². The molecule has 116 valence electrons. The van der Waals surface area contributed by atoms with Crippen molar-refractivity contribution in [3.8, 4) is 0 Å². The summed E-state index contributed by atoms with van der Waals surface area (Å²) < 4.78 is 26.9. The molecule has 0 saturated heterocycles. The molecule has 0 amide bonds. The summed E-state index contributed by atoms with van der Waals surface area (Å²) in [6.07, 6.45) is 3.45. The Morgan fingerprint density at radius 2 is 2.19 bits per heavy atom. The molecule has 0 unspecified atom stereocenters. The minimum Gasteiger partial charge on any atom is -0.313 e. The van der Waals surface area contributed by atoms with Crippen LogP contribution in [0.4, 0.5) is 0 Å². The quantitative estimate of drug-likeness (QED) is 0.746. The Morgan fingerprint density at radius 3 is 2.71 bits per heavy atom. The summed E-state index contributed by atoms with van der Waals surface area (Å²) in [5, 5.41) is 3.66. The van der Waals surface area contributed by atoms with Crippen molar-refractivity contribution in [2.75, 3.05) is 13.1 Å². The zero-order valence-electron chi connectivity index (χ0n) is 12.2. The van der Waals surface area contributed by atoms with Crippen LogP contribution in [0.5, 0.6) is 0 Å². The molecule has 21 heavy (non-hydrogen) atoms. The van der Waals surface area contributed by atoms with E-state index >= 15 is 0 Å². The average molecular weight is 329 g/mol. The van der Waals surface area contributed by atoms with Gasteiger partial charge in [-0.3, -0.25) is 0 Å². The van der Waals surface area contributed by atoms with Gasteiger partial charge in [0.25, 0.3) is 0 Å². The number of hydrogen-bond donors (Lipinski definition) is 1. The molecule has 0 atom stereocenters. The van der Waals surface area contributed by atoms with Crippen molar-refractivity contribution in [1.29, 1.82) is 0 Å². The van der Waals surface area contributed by atoms with Crippen LogP contribution in [0.2, 0.25) is 5.02 Å². The van der Waals surface area contributed by atoms with Gasteiger partial charge in [-0.05, 0) is 37.1 Å². The fraction of sp³-hybridized carbons (Fsp3) is 0.467. The van der Waals surface area contributed by atoms with Crippen LogP contribution in [0.1, 0.15) is 25.3 Å². The van der Waals surface area contributed by atoms with E-state index in [9.17, 15) is 8.42 Å². The second kappa shape index (κ2) is 6.92. The first-order chi connectivity index (χ1) is 10.0. The summed E-state index contributed by atoms with van der Waals surface area (Å²) in [7, 11) is -3.50. The van der Waals surface area contributed by atoms with E-state index in [-0.39, 0.29) is 10.9 Å². The molecule has 1 aliphatic carbocycles. The SMILES string of the molecule is C=CCN(C1CC1)S(=O)(=O)c1ccc(CNCC)c(Cl)c1. The minimum atomic E-state index is -3.50. The summed E-state index contributed by atoms with van der Waals surface area (Å²) in [6, 6.07) is 5.05. The van der Waals surface area contributed by atoms with Gasteiger partial charge in [-0.1, -0.05) is 30.7 Å². The van der Waals surface area contributed by atoms with E-state index in [1.54, 1.807) is 24.3 Å². The van der Waals surface area contributed by atoms with Crippen LogP contribution in [-0.4, -0.2) is 31.9 Å². The minimum absolute atomic E-state index is 0.105. The molecule has 0 heterocycles. The standard InChI is InChI=1S/C15H21ClN2O2S/c1-3-9-18(13-6-7-13)21(19,20)14-8-5-12(11-17-4-2)15(16)10-14/h3,5,8,10,13,17H,1,4,6-7,9,11H2,2H3. The van der Waals surface area contributed by atoms with Gasteiger partial charge in [0.05, 0.1) is 4.90 Å². The van der Waals surface area contributed by atoms with Gasteiger partial charge in [0, 0.05) is 24.2 Å². The first kappa shape index (κ1) is 16.5. The lowest BCUT2D eigenvalue weighted by Gasteiger charge is -2.20. The second-order valence-corrected chi connectivity index (χ2v) is 7.43. The molecular weight excluding hydrogens is 308 g/mol. The Balaban J connectivity index is 2.27. The first-order valence-electron chi connectivity index (χ1n) is 7.12. The molecule has 0 bridgehead atoms. The third-order valence-electron chi connectivity index (χ3n) is 3.46. The van der Waals surface area contributed by atoms with E-state index in [2.05, 4.69) is 11.9 Å². The monoisotopic (exact) mass is 328 g/mol. The molecule has 1 saturated carbocycles. The van der Waals surface area contributed by atoms with Crippen molar-refractivity contribution >= 4 is 21.6 Å². The number of rotatable bonds is 8. The van der Waals surface area contributed by atoms with Gasteiger partial charge in [-0.15, -0.1) is 6.58 Å². The van der Waals surface area contributed by atoms with Crippen molar-refractivity contribution in [1.82, 2.24) is 9.62 Å². The fourth-order valence-electron chi connectivity index (χ4n) is 2.16. The third kappa shape index (κ3) is 3.86. The Kier molecular flexibility index (Phi) is 5.43. The zero-order valence-corrected chi connectivity index (χ0v) is 13.8. The molecule has 4 nitrogen and oxygen atoms in total. The van der Waals surface area contributed by atoms with Gasteiger partial charge in [0.1, 0.15) is 0 Å². The zero-order chi connectivity index (χ0) is 15.5. The van der Waals surface area contributed by atoms with Crippen molar-refractivity contribution in [2.24, 2.45) is 0 Å². The highest BCUT2D eigenvalue weighted by Crippen LogP contribution is 2.33. The molecule has 0 spiro atoms. The maximum absolute atomic E-state index is 12.7. The maximum atomic E-state index is 12.7. The van der Waals surface area contributed by atoms with Crippen LogP contribution < -0.4 is 5.32 Å². The van der Waals surface area contributed by atoms with Crippen molar-refractivity contribution < 1.29 is 8.42 Å². The number of nitrogens with zero attached hydrogens (tertiary/aromatic N) is 1. The van der Waals surface area contributed by atoms with Gasteiger partial charge in [0.2, 0.25) is 10.0 Å². The predicted molar refractivity (Wildman–Crippen MR) is 85.9 cm³/mol. The largest absolute Gasteiger partial charge is 0.313 e. The predicted octanol–water partition coefficient (Wildman–Crippen LogP) is 2.79. The van der Waals surface area contributed by atoms with E-state index in [4.69, 9.17) is 11.6 Å². The first-order valence-corrected chi connectivity index (χ1v) is 8.94. The Morgan fingerprint density at radius 1 is 1.48 bits per heavy atom. The van der Waals surface area contributed by atoms with Crippen LogP contribution in [0.15, 0.2) is 35.7 Å². The number of hydrogen-bond acceptors (Lipinski definition) is 3. The Labute approximate surface area is 131 Å². The smallest absolute Gasteiger partial charge is 0.243 e. The van der Waals surface area contributed by atoms with Crippen LogP contribution in [-0.2, 0) is 16.6 Å². The number of sulfonamides is 1. The lowest BCUT2D eigenvalue weighted by Crippen LogP contribution is -2.33.